The minimum absolute atomic E-state index is 0.0643. The molecule has 0 N–H and O–H groups in total. The topological polar surface area (TPSA) is 18.5 Å². The molecule has 1 saturated heterocycles. The molecule has 1 heterocycles. The molecule has 3 aromatic carbocycles. The van der Waals surface area contributed by atoms with E-state index >= 15 is 4.39 Å². The van der Waals surface area contributed by atoms with Crippen molar-refractivity contribution in [3.05, 3.63) is 89.0 Å². The molecule has 0 amide bonds. The van der Waals surface area contributed by atoms with E-state index in [4.69, 9.17) is 9.47 Å². The quantitative estimate of drug-likeness (QED) is 0.213. The third-order valence-electron chi connectivity index (χ3n) is 6.78. The van der Waals surface area contributed by atoms with Crippen LogP contribution < -0.4 is 4.74 Å². The van der Waals surface area contributed by atoms with Crippen LogP contribution in [0.15, 0.2) is 48.6 Å². The van der Waals surface area contributed by atoms with Gasteiger partial charge in [0, 0.05) is 28.2 Å². The molecular weight excluding hydrogens is 506 g/mol. The second kappa shape index (κ2) is 12.1. The lowest BCUT2D eigenvalue weighted by molar-refractivity contribution is -0.00800. The molecule has 4 rings (SSSR count). The fourth-order valence-corrected chi connectivity index (χ4v) is 4.76. The van der Waals surface area contributed by atoms with Crippen molar-refractivity contribution in [2.24, 2.45) is 5.92 Å². The standard InChI is InChI=1S/C30H28F6O2/c1-3-5-17-6-9-19(38-16-17)10-7-18-8-11-20(26(32)25(18)31)21-12-13-22(28(34)27(21)33)23-14-15-24(37-4-2)30(36)29(23)35/h3,5,8,11-15,17,19H,4,6-7,9-10,16H2,1-2H3/b5-3+. The van der Waals surface area contributed by atoms with Gasteiger partial charge in [0.15, 0.2) is 34.8 Å². The predicted molar refractivity (Wildman–Crippen MR) is 134 cm³/mol. The molecule has 38 heavy (non-hydrogen) atoms. The molecule has 2 atom stereocenters. The van der Waals surface area contributed by atoms with Crippen LogP contribution >= 0.6 is 0 Å². The highest BCUT2D eigenvalue weighted by molar-refractivity contribution is 5.73. The Hall–Kier alpha value is -3.26. The zero-order valence-corrected chi connectivity index (χ0v) is 21.1. The lowest BCUT2D eigenvalue weighted by Gasteiger charge is -2.27. The lowest BCUT2D eigenvalue weighted by atomic mass is 9.93. The van der Waals surface area contributed by atoms with Crippen LogP contribution in [-0.2, 0) is 11.2 Å². The van der Waals surface area contributed by atoms with Crippen molar-refractivity contribution in [1.82, 2.24) is 0 Å². The van der Waals surface area contributed by atoms with Crippen LogP contribution in [0.5, 0.6) is 5.75 Å². The van der Waals surface area contributed by atoms with Crippen LogP contribution in [0.25, 0.3) is 22.3 Å². The molecule has 0 bridgehead atoms. The van der Waals surface area contributed by atoms with Crippen molar-refractivity contribution in [3.63, 3.8) is 0 Å². The van der Waals surface area contributed by atoms with Crippen molar-refractivity contribution < 1.29 is 35.8 Å². The van der Waals surface area contributed by atoms with Crippen LogP contribution in [0.1, 0.15) is 38.7 Å². The van der Waals surface area contributed by atoms with Crippen LogP contribution in [0.3, 0.4) is 0 Å². The Labute approximate surface area is 217 Å². The Bertz CT molecular complexity index is 1330. The van der Waals surface area contributed by atoms with Gasteiger partial charge >= 0.3 is 0 Å². The first kappa shape index (κ1) is 27.8. The summed E-state index contributed by atoms with van der Waals surface area (Å²) in [5.74, 6) is -8.24. The normalized spacial score (nSPS) is 17.8. The molecule has 202 valence electrons. The summed E-state index contributed by atoms with van der Waals surface area (Å²) in [5, 5.41) is 0. The van der Waals surface area contributed by atoms with Gasteiger partial charge in [-0.2, -0.15) is 4.39 Å². The maximum absolute atomic E-state index is 15.0. The average Bonchev–Trinajstić information content (AvgIpc) is 2.91. The van der Waals surface area contributed by atoms with Gasteiger partial charge in [-0.15, -0.1) is 0 Å². The van der Waals surface area contributed by atoms with E-state index in [1.807, 2.05) is 13.0 Å². The molecule has 2 nitrogen and oxygen atoms in total. The number of hydrogen-bond donors (Lipinski definition) is 0. The molecule has 0 saturated carbocycles. The predicted octanol–water partition coefficient (Wildman–Crippen LogP) is 8.56. The van der Waals surface area contributed by atoms with Crippen LogP contribution in [-0.4, -0.2) is 19.3 Å². The van der Waals surface area contributed by atoms with Crippen molar-refractivity contribution in [2.75, 3.05) is 13.2 Å². The third kappa shape index (κ3) is 5.60. The molecule has 0 aromatic heterocycles. The maximum Gasteiger partial charge on any atom is 0.201 e. The van der Waals surface area contributed by atoms with E-state index in [1.165, 1.54) is 12.1 Å². The first-order chi connectivity index (χ1) is 18.3. The summed E-state index contributed by atoms with van der Waals surface area (Å²) in [5.41, 5.74) is -2.00. The SMILES string of the molecule is C/C=C/C1CCC(CCc2ccc(-c3ccc(-c4ccc(OCC)c(F)c4F)c(F)c3F)c(F)c2F)OC1. The molecule has 1 aliphatic heterocycles. The van der Waals surface area contributed by atoms with Crippen molar-refractivity contribution >= 4 is 0 Å². The van der Waals surface area contributed by atoms with Crippen molar-refractivity contribution in [1.29, 1.82) is 0 Å². The third-order valence-corrected chi connectivity index (χ3v) is 6.78. The fraction of sp³-hybridized carbons (Fsp3) is 0.333. The molecule has 0 aliphatic carbocycles. The van der Waals surface area contributed by atoms with Gasteiger partial charge in [-0.3, -0.25) is 0 Å². The van der Waals surface area contributed by atoms with Gasteiger partial charge in [-0.25, -0.2) is 22.0 Å². The van der Waals surface area contributed by atoms with E-state index in [2.05, 4.69) is 6.08 Å². The summed E-state index contributed by atoms with van der Waals surface area (Å²) in [6, 6.07) is 6.70. The Morgan fingerprint density at radius 2 is 1.32 bits per heavy atom. The van der Waals surface area contributed by atoms with Crippen LogP contribution in [0.2, 0.25) is 0 Å². The Morgan fingerprint density at radius 3 is 1.87 bits per heavy atom. The van der Waals surface area contributed by atoms with Crippen molar-refractivity contribution in [3.8, 4) is 28.0 Å². The summed E-state index contributed by atoms with van der Waals surface area (Å²) < 4.78 is 99.5. The molecule has 1 fully saturated rings. The van der Waals surface area contributed by atoms with Gasteiger partial charge in [0.05, 0.1) is 19.3 Å². The fourth-order valence-electron chi connectivity index (χ4n) is 4.76. The molecule has 8 heteroatoms. The molecule has 0 radical (unpaired) electrons. The number of halogens is 6. The Morgan fingerprint density at radius 1 is 0.763 bits per heavy atom. The Kier molecular flexibility index (Phi) is 8.82. The van der Waals surface area contributed by atoms with Gasteiger partial charge in [0.1, 0.15) is 0 Å². The number of benzene rings is 3. The molecule has 2 unspecified atom stereocenters. The lowest BCUT2D eigenvalue weighted by Crippen LogP contribution is -2.25. The van der Waals surface area contributed by atoms with E-state index in [0.29, 0.717) is 18.9 Å². The van der Waals surface area contributed by atoms with Crippen molar-refractivity contribution in [2.45, 2.75) is 45.6 Å². The molecule has 3 aromatic rings. The van der Waals surface area contributed by atoms with E-state index in [9.17, 15) is 22.0 Å². The highest BCUT2D eigenvalue weighted by atomic mass is 19.2. The molecule has 1 aliphatic rings. The van der Waals surface area contributed by atoms with E-state index < -0.39 is 57.2 Å². The molecular formula is C30H28F6O2. The monoisotopic (exact) mass is 534 g/mol. The number of allylic oxidation sites excluding steroid dienone is 1. The summed E-state index contributed by atoms with van der Waals surface area (Å²) in [6.07, 6.45) is 6.50. The minimum atomic E-state index is -1.51. The summed E-state index contributed by atoms with van der Waals surface area (Å²) in [6.45, 7) is 4.20. The highest BCUT2D eigenvalue weighted by Gasteiger charge is 2.25. The van der Waals surface area contributed by atoms with Gasteiger partial charge in [0.2, 0.25) is 5.82 Å². The Balaban J connectivity index is 1.55. The second-order valence-corrected chi connectivity index (χ2v) is 9.22. The summed E-state index contributed by atoms with van der Waals surface area (Å²) in [7, 11) is 0. The zero-order valence-electron chi connectivity index (χ0n) is 21.1. The van der Waals surface area contributed by atoms with E-state index in [1.54, 1.807) is 6.92 Å². The van der Waals surface area contributed by atoms with Gasteiger partial charge in [0.25, 0.3) is 0 Å². The molecule has 0 spiro atoms. The summed E-state index contributed by atoms with van der Waals surface area (Å²) in [4.78, 5) is 0. The van der Waals surface area contributed by atoms with Gasteiger partial charge in [-0.05, 0) is 57.2 Å². The average molecular weight is 535 g/mol. The summed E-state index contributed by atoms with van der Waals surface area (Å²) >= 11 is 0. The van der Waals surface area contributed by atoms with Gasteiger partial charge in [-0.1, -0.05) is 36.4 Å². The minimum Gasteiger partial charge on any atom is -0.491 e. The van der Waals surface area contributed by atoms with E-state index in [-0.39, 0.29) is 30.4 Å². The second-order valence-electron chi connectivity index (χ2n) is 9.22. The number of ether oxygens (including phenoxy) is 2. The first-order valence-electron chi connectivity index (χ1n) is 12.6. The number of rotatable bonds is 8. The smallest absolute Gasteiger partial charge is 0.201 e. The van der Waals surface area contributed by atoms with E-state index in [0.717, 1.165) is 37.1 Å². The zero-order chi connectivity index (χ0) is 27.4. The maximum atomic E-state index is 15.0. The number of aryl methyl sites for hydroxylation is 1. The van der Waals surface area contributed by atoms with Crippen LogP contribution in [0.4, 0.5) is 26.3 Å². The largest absolute Gasteiger partial charge is 0.491 e. The first-order valence-corrected chi connectivity index (χ1v) is 12.6. The van der Waals surface area contributed by atoms with Gasteiger partial charge < -0.3 is 9.47 Å². The van der Waals surface area contributed by atoms with Crippen LogP contribution in [0, 0.1) is 40.8 Å². The number of hydrogen-bond acceptors (Lipinski definition) is 2. The highest BCUT2D eigenvalue weighted by Crippen LogP contribution is 2.37.